The molecule has 2 aromatic carbocycles. The molecule has 0 heterocycles. The summed E-state index contributed by atoms with van der Waals surface area (Å²) in [7, 11) is 0. The van der Waals surface area contributed by atoms with Crippen LogP contribution in [0.15, 0.2) is 55.9 Å². The van der Waals surface area contributed by atoms with Gasteiger partial charge in [-0.05, 0) is 51.8 Å². The molecule has 0 saturated heterocycles. The van der Waals surface area contributed by atoms with Crippen molar-refractivity contribution in [3.8, 4) is 0 Å². The van der Waals surface area contributed by atoms with Gasteiger partial charge in [-0.15, -0.1) is 0 Å². The zero-order valence-corrected chi connectivity index (χ0v) is 14.5. The SMILES string of the molecule is O=C(NCc1ccc(Br)cc1)c1cc(Br)ccc1Br. The van der Waals surface area contributed by atoms with E-state index in [9.17, 15) is 4.79 Å². The normalized spacial score (nSPS) is 10.3. The van der Waals surface area contributed by atoms with Gasteiger partial charge in [0.15, 0.2) is 0 Å². The molecule has 0 spiro atoms. The van der Waals surface area contributed by atoms with Crippen LogP contribution < -0.4 is 5.32 Å². The highest BCUT2D eigenvalue weighted by atomic mass is 79.9. The molecule has 0 aliphatic heterocycles. The van der Waals surface area contributed by atoms with Gasteiger partial charge in [-0.3, -0.25) is 4.79 Å². The van der Waals surface area contributed by atoms with Crippen molar-refractivity contribution >= 4 is 53.7 Å². The van der Waals surface area contributed by atoms with Crippen LogP contribution in [-0.2, 0) is 6.54 Å². The first-order chi connectivity index (χ1) is 9.06. The van der Waals surface area contributed by atoms with Crippen LogP contribution in [0.3, 0.4) is 0 Å². The monoisotopic (exact) mass is 445 g/mol. The summed E-state index contributed by atoms with van der Waals surface area (Å²) < 4.78 is 2.69. The van der Waals surface area contributed by atoms with Crippen molar-refractivity contribution < 1.29 is 4.79 Å². The van der Waals surface area contributed by atoms with Gasteiger partial charge < -0.3 is 5.32 Å². The summed E-state index contributed by atoms with van der Waals surface area (Å²) in [6, 6.07) is 13.4. The van der Waals surface area contributed by atoms with Crippen molar-refractivity contribution in [3.63, 3.8) is 0 Å². The van der Waals surface area contributed by atoms with Crippen LogP contribution in [0, 0.1) is 0 Å². The fraction of sp³-hybridized carbons (Fsp3) is 0.0714. The molecule has 2 nitrogen and oxygen atoms in total. The minimum absolute atomic E-state index is 0.101. The van der Waals surface area contributed by atoms with Gasteiger partial charge >= 0.3 is 0 Å². The van der Waals surface area contributed by atoms with Crippen molar-refractivity contribution in [2.75, 3.05) is 0 Å². The summed E-state index contributed by atoms with van der Waals surface area (Å²) >= 11 is 10.1. The third kappa shape index (κ3) is 4.16. The number of carbonyl (C=O) groups excluding carboxylic acids is 1. The molecule has 0 bridgehead atoms. The van der Waals surface area contributed by atoms with E-state index in [0.717, 1.165) is 19.0 Å². The molecule has 0 radical (unpaired) electrons. The van der Waals surface area contributed by atoms with E-state index in [4.69, 9.17) is 0 Å². The Morgan fingerprint density at radius 3 is 2.26 bits per heavy atom. The molecule has 2 aromatic rings. The van der Waals surface area contributed by atoms with Crippen LogP contribution >= 0.6 is 47.8 Å². The molecule has 1 N–H and O–H groups in total. The van der Waals surface area contributed by atoms with E-state index < -0.39 is 0 Å². The van der Waals surface area contributed by atoms with Gasteiger partial charge in [0, 0.05) is 20.0 Å². The van der Waals surface area contributed by atoms with E-state index in [-0.39, 0.29) is 5.91 Å². The first-order valence-corrected chi connectivity index (χ1v) is 7.92. The van der Waals surface area contributed by atoms with Gasteiger partial charge in [-0.2, -0.15) is 0 Å². The number of benzene rings is 2. The van der Waals surface area contributed by atoms with E-state index >= 15 is 0 Å². The van der Waals surface area contributed by atoms with Gasteiger partial charge in [0.2, 0.25) is 0 Å². The maximum atomic E-state index is 12.1. The number of nitrogens with one attached hydrogen (secondary N) is 1. The molecule has 19 heavy (non-hydrogen) atoms. The molecule has 0 unspecified atom stereocenters. The largest absolute Gasteiger partial charge is 0.348 e. The predicted octanol–water partition coefficient (Wildman–Crippen LogP) is 4.90. The van der Waals surface area contributed by atoms with E-state index in [1.54, 1.807) is 6.07 Å². The van der Waals surface area contributed by atoms with Crippen LogP contribution in [0.5, 0.6) is 0 Å². The highest BCUT2D eigenvalue weighted by Gasteiger charge is 2.10. The Labute approximate surface area is 137 Å². The van der Waals surface area contributed by atoms with E-state index in [0.29, 0.717) is 12.1 Å². The highest BCUT2D eigenvalue weighted by Crippen LogP contribution is 2.21. The molecular weight excluding hydrogens is 438 g/mol. The van der Waals surface area contributed by atoms with E-state index in [1.165, 1.54) is 0 Å². The number of hydrogen-bond acceptors (Lipinski definition) is 1. The highest BCUT2D eigenvalue weighted by molar-refractivity contribution is 9.11. The van der Waals surface area contributed by atoms with Crippen molar-refractivity contribution in [1.82, 2.24) is 5.32 Å². The number of halogens is 3. The quantitative estimate of drug-likeness (QED) is 0.712. The smallest absolute Gasteiger partial charge is 0.252 e. The van der Waals surface area contributed by atoms with Crippen molar-refractivity contribution in [3.05, 3.63) is 67.0 Å². The predicted molar refractivity (Wildman–Crippen MR) is 87.2 cm³/mol. The lowest BCUT2D eigenvalue weighted by molar-refractivity contribution is 0.0950. The lowest BCUT2D eigenvalue weighted by Crippen LogP contribution is -2.23. The third-order valence-corrected chi connectivity index (χ3v) is 4.25. The average Bonchev–Trinajstić information content (AvgIpc) is 2.40. The maximum absolute atomic E-state index is 12.1. The van der Waals surface area contributed by atoms with Gasteiger partial charge in [-0.1, -0.05) is 44.0 Å². The van der Waals surface area contributed by atoms with Crippen molar-refractivity contribution in [2.45, 2.75) is 6.54 Å². The first-order valence-electron chi connectivity index (χ1n) is 5.54. The number of rotatable bonds is 3. The first kappa shape index (κ1) is 14.8. The summed E-state index contributed by atoms with van der Waals surface area (Å²) in [5, 5.41) is 2.90. The number of amides is 1. The average molecular weight is 448 g/mol. The molecule has 5 heteroatoms. The number of carbonyl (C=O) groups is 1. The Bertz CT molecular complexity index is 596. The summed E-state index contributed by atoms with van der Waals surface area (Å²) in [5.74, 6) is -0.101. The third-order valence-electron chi connectivity index (χ3n) is 2.54. The van der Waals surface area contributed by atoms with Crippen molar-refractivity contribution in [2.24, 2.45) is 0 Å². The zero-order chi connectivity index (χ0) is 13.8. The van der Waals surface area contributed by atoms with E-state index in [2.05, 4.69) is 53.1 Å². The number of hydrogen-bond donors (Lipinski definition) is 1. The second-order valence-corrected chi connectivity index (χ2v) is 6.62. The fourth-order valence-electron chi connectivity index (χ4n) is 1.55. The lowest BCUT2D eigenvalue weighted by atomic mass is 10.2. The minimum Gasteiger partial charge on any atom is -0.348 e. The molecule has 0 aliphatic carbocycles. The van der Waals surface area contributed by atoms with Gasteiger partial charge in [-0.25, -0.2) is 0 Å². The Kier molecular flexibility index (Phi) is 5.19. The second kappa shape index (κ2) is 6.68. The van der Waals surface area contributed by atoms with Crippen LogP contribution in [-0.4, -0.2) is 5.91 Å². The van der Waals surface area contributed by atoms with Gasteiger partial charge in [0.25, 0.3) is 5.91 Å². The van der Waals surface area contributed by atoms with Crippen LogP contribution in [0.1, 0.15) is 15.9 Å². The second-order valence-electron chi connectivity index (χ2n) is 3.93. The van der Waals surface area contributed by atoms with Crippen LogP contribution in [0.4, 0.5) is 0 Å². The topological polar surface area (TPSA) is 29.1 Å². The molecule has 0 aliphatic rings. The summed E-state index contributed by atoms with van der Waals surface area (Å²) in [5.41, 5.74) is 1.68. The molecule has 0 saturated carbocycles. The van der Waals surface area contributed by atoms with Gasteiger partial charge in [0.1, 0.15) is 0 Å². The fourth-order valence-corrected chi connectivity index (χ4v) is 2.60. The molecule has 1 amide bonds. The van der Waals surface area contributed by atoms with Crippen molar-refractivity contribution in [1.29, 1.82) is 0 Å². The molecule has 2 rings (SSSR count). The zero-order valence-electron chi connectivity index (χ0n) is 9.79. The standard InChI is InChI=1S/C14H10Br3NO/c15-10-3-1-9(2-4-10)8-18-14(19)12-7-11(16)5-6-13(12)17/h1-7H,8H2,(H,18,19). The molecule has 98 valence electrons. The summed E-state index contributed by atoms with van der Waals surface area (Å²) in [6.45, 7) is 0.505. The Morgan fingerprint density at radius 2 is 1.58 bits per heavy atom. The molecule has 0 fully saturated rings. The van der Waals surface area contributed by atoms with E-state index in [1.807, 2.05) is 36.4 Å². The molecular formula is C14H10Br3NO. The van der Waals surface area contributed by atoms with Crippen LogP contribution in [0.2, 0.25) is 0 Å². The summed E-state index contributed by atoms with van der Waals surface area (Å²) in [4.78, 5) is 12.1. The molecule has 0 atom stereocenters. The minimum atomic E-state index is -0.101. The Balaban J connectivity index is 2.05. The van der Waals surface area contributed by atoms with Gasteiger partial charge in [0.05, 0.1) is 5.56 Å². The Morgan fingerprint density at radius 1 is 0.947 bits per heavy atom. The summed E-state index contributed by atoms with van der Waals surface area (Å²) in [6.07, 6.45) is 0. The van der Waals surface area contributed by atoms with Crippen LogP contribution in [0.25, 0.3) is 0 Å². The Hall–Kier alpha value is -0.650. The molecule has 0 aromatic heterocycles. The maximum Gasteiger partial charge on any atom is 0.252 e. The lowest BCUT2D eigenvalue weighted by Gasteiger charge is -2.07.